The van der Waals surface area contributed by atoms with Crippen LogP contribution in [-0.2, 0) is 20.8 Å². The fraction of sp³-hybridized carbons (Fsp3) is 0.280. The number of benzene rings is 2. The van der Waals surface area contributed by atoms with Crippen LogP contribution in [0.2, 0.25) is 0 Å². The van der Waals surface area contributed by atoms with Gasteiger partial charge in [0.1, 0.15) is 28.0 Å². The van der Waals surface area contributed by atoms with Gasteiger partial charge in [-0.15, -0.1) is 0 Å². The number of H-pyrrole nitrogens is 1. The number of morpholine rings is 1. The van der Waals surface area contributed by atoms with Crippen molar-refractivity contribution in [3.63, 3.8) is 0 Å². The van der Waals surface area contributed by atoms with E-state index < -0.39 is 5.97 Å². The van der Waals surface area contributed by atoms with E-state index >= 15 is 0 Å². The number of para-hydroxylation sites is 3. The number of methoxy groups -OCH3 is 1. The van der Waals surface area contributed by atoms with E-state index in [1.807, 2.05) is 48.5 Å². The zero-order valence-corrected chi connectivity index (χ0v) is 20.0. The zero-order chi connectivity index (χ0) is 24.2. The number of aromatic nitrogens is 4. The third kappa shape index (κ3) is 5.14. The van der Waals surface area contributed by atoms with Gasteiger partial charge in [0.25, 0.3) is 0 Å². The fourth-order valence-electron chi connectivity index (χ4n) is 3.97. The van der Waals surface area contributed by atoms with Crippen molar-refractivity contribution in [2.75, 3.05) is 39.2 Å². The van der Waals surface area contributed by atoms with Crippen LogP contribution in [0.1, 0.15) is 11.6 Å². The van der Waals surface area contributed by atoms with Crippen LogP contribution in [0.5, 0.6) is 0 Å². The number of carbonyl (C=O) groups is 1. The van der Waals surface area contributed by atoms with Crippen molar-refractivity contribution >= 4 is 45.2 Å². The highest BCUT2D eigenvalue weighted by molar-refractivity contribution is 7.99. The van der Waals surface area contributed by atoms with Crippen LogP contribution in [0.3, 0.4) is 0 Å². The Kier molecular flexibility index (Phi) is 6.94. The first-order valence-corrected chi connectivity index (χ1v) is 12.2. The molecule has 2 aromatic heterocycles. The standard InChI is InChI=1S/C25H25N5O4S/c1-33-25(32)22(23-27-18-8-4-5-9-19(18)28-23)20(31)15-35-24-16-6-2-3-7-17(16)26-21(29-24)14-30-10-12-34-13-11-30/h2-9,31H,10-15H2,1H3,(H,27,28)/b22-20+. The first-order chi connectivity index (χ1) is 17.1. The molecule has 1 aliphatic rings. The topological polar surface area (TPSA) is 113 Å². The molecule has 180 valence electrons. The molecule has 1 aliphatic heterocycles. The van der Waals surface area contributed by atoms with E-state index in [0.717, 1.165) is 34.5 Å². The number of aliphatic hydroxyl groups excluding tert-OH is 1. The normalized spacial score (nSPS) is 15.3. The van der Waals surface area contributed by atoms with Crippen LogP contribution in [0.15, 0.2) is 59.3 Å². The number of imidazole rings is 1. The Morgan fingerprint density at radius 1 is 1.09 bits per heavy atom. The van der Waals surface area contributed by atoms with Crippen molar-refractivity contribution in [2.45, 2.75) is 11.6 Å². The first-order valence-electron chi connectivity index (χ1n) is 11.3. The molecule has 0 spiro atoms. The third-order valence-electron chi connectivity index (χ3n) is 5.73. The Bertz CT molecular complexity index is 1360. The molecule has 0 amide bonds. The molecule has 0 unspecified atom stereocenters. The molecular formula is C25H25N5O4S. The predicted molar refractivity (Wildman–Crippen MR) is 134 cm³/mol. The minimum absolute atomic E-state index is 0.00287. The SMILES string of the molecule is COC(=O)/C(=C(/O)CSc1nc(CN2CCOCC2)nc2ccccc12)c1nc2ccccc2[nH]1. The lowest BCUT2D eigenvalue weighted by Gasteiger charge is -2.25. The van der Waals surface area contributed by atoms with Crippen molar-refractivity contribution in [3.8, 4) is 0 Å². The number of carbonyl (C=O) groups excluding carboxylic acids is 1. The lowest BCUT2D eigenvalue weighted by Crippen LogP contribution is -2.36. The number of aromatic amines is 1. The number of hydrogen-bond donors (Lipinski definition) is 2. The average molecular weight is 492 g/mol. The summed E-state index contributed by atoms with van der Waals surface area (Å²) in [6, 6.07) is 15.2. The van der Waals surface area contributed by atoms with Crippen molar-refractivity contribution in [1.82, 2.24) is 24.8 Å². The molecule has 35 heavy (non-hydrogen) atoms. The van der Waals surface area contributed by atoms with Crippen molar-refractivity contribution < 1.29 is 19.4 Å². The van der Waals surface area contributed by atoms with Gasteiger partial charge in [0.05, 0.1) is 49.2 Å². The Morgan fingerprint density at radius 2 is 1.83 bits per heavy atom. The first kappa shape index (κ1) is 23.3. The number of thioether (sulfide) groups is 1. The average Bonchev–Trinajstić information content (AvgIpc) is 3.31. The molecule has 9 nitrogen and oxygen atoms in total. The summed E-state index contributed by atoms with van der Waals surface area (Å²) < 4.78 is 10.4. The van der Waals surface area contributed by atoms with Gasteiger partial charge in [0.2, 0.25) is 0 Å². The van der Waals surface area contributed by atoms with Crippen LogP contribution < -0.4 is 0 Å². The molecule has 0 saturated carbocycles. The van der Waals surface area contributed by atoms with Crippen LogP contribution in [0.4, 0.5) is 0 Å². The lowest BCUT2D eigenvalue weighted by atomic mass is 10.2. The van der Waals surface area contributed by atoms with Gasteiger partial charge in [-0.1, -0.05) is 42.1 Å². The zero-order valence-electron chi connectivity index (χ0n) is 19.2. The minimum atomic E-state index is -0.664. The monoisotopic (exact) mass is 491 g/mol. The number of nitrogens with one attached hydrogen (secondary N) is 1. The maximum atomic E-state index is 12.6. The van der Waals surface area contributed by atoms with Crippen LogP contribution in [0, 0.1) is 0 Å². The van der Waals surface area contributed by atoms with Crippen molar-refractivity contribution in [1.29, 1.82) is 0 Å². The van der Waals surface area contributed by atoms with Gasteiger partial charge in [-0.3, -0.25) is 4.90 Å². The number of rotatable bonds is 7. The second-order valence-electron chi connectivity index (χ2n) is 8.06. The number of nitrogens with zero attached hydrogens (tertiary/aromatic N) is 4. The Morgan fingerprint density at radius 3 is 2.60 bits per heavy atom. The van der Waals surface area contributed by atoms with Crippen LogP contribution in [0.25, 0.3) is 27.5 Å². The molecule has 3 heterocycles. The predicted octanol–water partition coefficient (Wildman–Crippen LogP) is 3.57. The van der Waals surface area contributed by atoms with Gasteiger partial charge in [0.15, 0.2) is 0 Å². The molecular weight excluding hydrogens is 466 g/mol. The highest BCUT2D eigenvalue weighted by atomic mass is 32.2. The molecule has 0 radical (unpaired) electrons. The number of ether oxygens (including phenoxy) is 2. The van der Waals surface area contributed by atoms with E-state index in [4.69, 9.17) is 19.4 Å². The second-order valence-corrected chi connectivity index (χ2v) is 9.02. The van der Waals surface area contributed by atoms with E-state index in [1.54, 1.807) is 0 Å². The second kappa shape index (κ2) is 10.4. The van der Waals surface area contributed by atoms with Gasteiger partial charge < -0.3 is 19.6 Å². The molecule has 1 saturated heterocycles. The van der Waals surface area contributed by atoms with Gasteiger partial charge in [-0.05, 0) is 18.2 Å². The summed E-state index contributed by atoms with van der Waals surface area (Å²) >= 11 is 1.34. The van der Waals surface area contributed by atoms with Crippen LogP contribution >= 0.6 is 11.8 Å². The van der Waals surface area contributed by atoms with Gasteiger partial charge in [0, 0.05) is 18.5 Å². The smallest absolute Gasteiger partial charge is 0.345 e. The van der Waals surface area contributed by atoms with Crippen molar-refractivity contribution in [3.05, 3.63) is 65.9 Å². The Labute approximate surface area is 206 Å². The molecule has 4 aromatic rings. The summed E-state index contributed by atoms with van der Waals surface area (Å²) in [7, 11) is 1.28. The Balaban J connectivity index is 1.45. The maximum absolute atomic E-state index is 12.6. The Hall–Kier alpha value is -3.47. The molecule has 10 heteroatoms. The summed E-state index contributed by atoms with van der Waals surface area (Å²) in [5, 5.41) is 12.6. The molecule has 2 N–H and O–H groups in total. The van der Waals surface area contributed by atoms with E-state index in [-0.39, 0.29) is 22.9 Å². The highest BCUT2D eigenvalue weighted by Crippen LogP contribution is 2.29. The molecule has 2 aromatic carbocycles. The van der Waals surface area contributed by atoms with E-state index in [9.17, 15) is 9.90 Å². The summed E-state index contributed by atoms with van der Waals surface area (Å²) in [5.41, 5.74) is 2.29. The quantitative estimate of drug-likeness (QED) is 0.132. The summed E-state index contributed by atoms with van der Waals surface area (Å²) in [5.74, 6) is 0.277. The number of aliphatic hydroxyl groups is 1. The maximum Gasteiger partial charge on any atom is 0.345 e. The molecule has 5 rings (SSSR count). The summed E-state index contributed by atoms with van der Waals surface area (Å²) in [6.45, 7) is 3.69. The van der Waals surface area contributed by atoms with Gasteiger partial charge in [-0.25, -0.2) is 19.7 Å². The van der Waals surface area contributed by atoms with E-state index in [0.29, 0.717) is 31.1 Å². The molecule has 0 bridgehead atoms. The summed E-state index contributed by atoms with van der Waals surface area (Å²) in [6.07, 6.45) is 0. The highest BCUT2D eigenvalue weighted by Gasteiger charge is 2.23. The third-order valence-corrected chi connectivity index (χ3v) is 6.74. The number of hydrogen-bond acceptors (Lipinski definition) is 9. The van der Waals surface area contributed by atoms with E-state index in [1.165, 1.54) is 18.9 Å². The van der Waals surface area contributed by atoms with Crippen LogP contribution in [-0.4, -0.2) is 75.1 Å². The number of esters is 1. The van der Waals surface area contributed by atoms with E-state index in [2.05, 4.69) is 14.9 Å². The largest absolute Gasteiger partial charge is 0.510 e. The summed E-state index contributed by atoms with van der Waals surface area (Å²) in [4.78, 5) is 31.9. The van der Waals surface area contributed by atoms with Crippen molar-refractivity contribution in [2.24, 2.45) is 0 Å². The fourth-order valence-corrected chi connectivity index (χ4v) is 4.88. The lowest BCUT2D eigenvalue weighted by molar-refractivity contribution is -0.133. The number of fused-ring (bicyclic) bond motifs is 2. The van der Waals surface area contributed by atoms with Gasteiger partial charge in [-0.2, -0.15) is 0 Å². The molecule has 1 fully saturated rings. The molecule has 0 atom stereocenters. The molecule has 0 aliphatic carbocycles. The van der Waals surface area contributed by atoms with Gasteiger partial charge >= 0.3 is 5.97 Å². The minimum Gasteiger partial charge on any atom is -0.510 e.